The van der Waals surface area contributed by atoms with Gasteiger partial charge in [0.15, 0.2) is 0 Å². The Morgan fingerprint density at radius 1 is 1.27 bits per heavy atom. The number of hydrogen-bond acceptors (Lipinski definition) is 1. The van der Waals surface area contributed by atoms with E-state index in [9.17, 15) is 0 Å². The maximum atomic E-state index is 3.77. The summed E-state index contributed by atoms with van der Waals surface area (Å²) >= 11 is 0. The first-order valence-corrected chi connectivity index (χ1v) is 5.93. The van der Waals surface area contributed by atoms with Crippen molar-refractivity contribution >= 4 is 0 Å². The molecule has 0 radical (unpaired) electrons. The number of nitrogens with one attached hydrogen (secondary N) is 1. The van der Waals surface area contributed by atoms with Gasteiger partial charge in [-0.3, -0.25) is 0 Å². The quantitative estimate of drug-likeness (QED) is 0.449. The predicted molar refractivity (Wildman–Crippen MR) is 70.0 cm³/mol. The van der Waals surface area contributed by atoms with Crippen molar-refractivity contribution in [3.8, 4) is 0 Å². The van der Waals surface area contributed by atoms with E-state index in [0.29, 0.717) is 0 Å². The van der Waals surface area contributed by atoms with E-state index >= 15 is 0 Å². The molecule has 0 aromatic heterocycles. The molecule has 0 unspecified atom stereocenters. The molecule has 1 nitrogen and oxygen atoms in total. The Labute approximate surface area is 95.0 Å². The molecule has 0 saturated heterocycles. The monoisotopic (exact) mass is 207 g/mol. The molecule has 0 aromatic rings. The predicted octanol–water partition coefficient (Wildman–Crippen LogP) is 3.70. The van der Waals surface area contributed by atoms with Gasteiger partial charge in [0.25, 0.3) is 0 Å². The molecule has 0 aromatic carbocycles. The van der Waals surface area contributed by atoms with Crippen molar-refractivity contribution in [1.82, 2.24) is 5.32 Å². The van der Waals surface area contributed by atoms with Crippen LogP contribution in [-0.2, 0) is 0 Å². The molecule has 0 aliphatic carbocycles. The first-order chi connectivity index (χ1) is 7.28. The largest absolute Gasteiger partial charge is 0.313 e. The van der Waals surface area contributed by atoms with E-state index in [0.717, 1.165) is 19.0 Å². The number of allylic oxidation sites excluding steroid dienone is 2. The van der Waals surface area contributed by atoms with E-state index in [-0.39, 0.29) is 0 Å². The maximum absolute atomic E-state index is 3.77. The smallest absolute Gasteiger partial charge is 0.0205 e. The van der Waals surface area contributed by atoms with Crippen LogP contribution < -0.4 is 5.32 Å². The average Bonchev–Trinajstić information content (AvgIpc) is 2.28. The van der Waals surface area contributed by atoms with Gasteiger partial charge >= 0.3 is 0 Å². The molecule has 0 saturated carbocycles. The van der Waals surface area contributed by atoms with Gasteiger partial charge in [0.05, 0.1) is 0 Å². The van der Waals surface area contributed by atoms with Crippen molar-refractivity contribution in [2.24, 2.45) is 5.92 Å². The van der Waals surface area contributed by atoms with Crippen molar-refractivity contribution in [1.29, 1.82) is 0 Å². The molecule has 0 fully saturated rings. The zero-order valence-corrected chi connectivity index (χ0v) is 10.3. The third-order valence-corrected chi connectivity index (χ3v) is 2.81. The zero-order valence-electron chi connectivity index (χ0n) is 10.3. The lowest BCUT2D eigenvalue weighted by Crippen LogP contribution is -2.20. The van der Waals surface area contributed by atoms with Gasteiger partial charge in [-0.25, -0.2) is 0 Å². The number of hydrogen-bond donors (Lipinski definition) is 1. The molecule has 0 spiro atoms. The summed E-state index contributed by atoms with van der Waals surface area (Å²) in [5.74, 6) is 0.869. The van der Waals surface area contributed by atoms with Gasteiger partial charge in [-0.05, 0) is 24.5 Å². The fourth-order valence-electron chi connectivity index (χ4n) is 1.59. The van der Waals surface area contributed by atoms with E-state index in [2.05, 4.69) is 32.3 Å². The van der Waals surface area contributed by atoms with Crippen molar-refractivity contribution in [3.63, 3.8) is 0 Å². The topological polar surface area (TPSA) is 12.0 Å². The van der Waals surface area contributed by atoms with Crippen LogP contribution in [0.5, 0.6) is 0 Å². The fourth-order valence-corrected chi connectivity index (χ4v) is 1.59. The summed E-state index contributed by atoms with van der Waals surface area (Å²) in [5.41, 5.74) is 1.20. The first kappa shape index (κ1) is 14.2. The zero-order chi connectivity index (χ0) is 11.5. The SMILES string of the molecule is C=C/C=C(\C=C)CNCCC(CC)CC. The Morgan fingerprint density at radius 2 is 1.93 bits per heavy atom. The Morgan fingerprint density at radius 3 is 2.40 bits per heavy atom. The van der Waals surface area contributed by atoms with Crippen LogP contribution in [0.15, 0.2) is 37.0 Å². The van der Waals surface area contributed by atoms with Gasteiger partial charge in [0.1, 0.15) is 0 Å². The molecule has 86 valence electrons. The Bertz CT molecular complexity index is 199. The summed E-state index contributed by atoms with van der Waals surface area (Å²) in [6, 6.07) is 0. The van der Waals surface area contributed by atoms with E-state index in [1.54, 1.807) is 6.08 Å². The molecule has 0 aliphatic heterocycles. The highest BCUT2D eigenvalue weighted by Crippen LogP contribution is 2.10. The Kier molecular flexibility index (Phi) is 9.19. The maximum Gasteiger partial charge on any atom is 0.0205 e. The second kappa shape index (κ2) is 9.72. The third-order valence-electron chi connectivity index (χ3n) is 2.81. The normalized spacial score (nSPS) is 11.8. The second-order valence-electron chi connectivity index (χ2n) is 3.83. The average molecular weight is 207 g/mol. The standard InChI is InChI=1S/C14H25N/c1-5-9-14(8-4)12-15-11-10-13(6-2)7-3/h5,8-9,13,15H,1,4,6-7,10-12H2,2-3H3/b14-9+. The van der Waals surface area contributed by atoms with Gasteiger partial charge < -0.3 is 5.32 Å². The molecule has 0 amide bonds. The molecule has 0 rings (SSSR count). The minimum Gasteiger partial charge on any atom is -0.313 e. The summed E-state index contributed by atoms with van der Waals surface area (Å²) in [6.07, 6.45) is 9.53. The van der Waals surface area contributed by atoms with E-state index in [1.807, 2.05) is 12.2 Å². The van der Waals surface area contributed by atoms with Crippen LogP contribution >= 0.6 is 0 Å². The van der Waals surface area contributed by atoms with E-state index in [1.165, 1.54) is 24.8 Å². The third kappa shape index (κ3) is 7.15. The molecule has 0 heterocycles. The highest BCUT2D eigenvalue weighted by molar-refractivity contribution is 5.22. The summed E-state index contributed by atoms with van der Waals surface area (Å²) in [4.78, 5) is 0. The van der Waals surface area contributed by atoms with E-state index in [4.69, 9.17) is 0 Å². The van der Waals surface area contributed by atoms with Gasteiger partial charge in [-0.1, -0.05) is 58.1 Å². The highest BCUT2D eigenvalue weighted by atomic mass is 14.8. The lowest BCUT2D eigenvalue weighted by molar-refractivity contribution is 0.443. The van der Waals surface area contributed by atoms with Crippen molar-refractivity contribution in [3.05, 3.63) is 37.0 Å². The van der Waals surface area contributed by atoms with Crippen LogP contribution in [0, 0.1) is 5.92 Å². The van der Waals surface area contributed by atoms with Gasteiger partial charge in [-0.15, -0.1) is 0 Å². The van der Waals surface area contributed by atoms with Gasteiger partial charge in [-0.2, -0.15) is 0 Å². The molecule has 1 N–H and O–H groups in total. The van der Waals surface area contributed by atoms with Crippen molar-refractivity contribution in [2.45, 2.75) is 33.1 Å². The molecule has 0 aliphatic rings. The van der Waals surface area contributed by atoms with Crippen LogP contribution in [0.25, 0.3) is 0 Å². The van der Waals surface area contributed by atoms with Crippen LogP contribution in [-0.4, -0.2) is 13.1 Å². The first-order valence-electron chi connectivity index (χ1n) is 5.93. The minimum atomic E-state index is 0.869. The molecule has 0 atom stereocenters. The van der Waals surface area contributed by atoms with Crippen LogP contribution in [0.3, 0.4) is 0 Å². The lowest BCUT2D eigenvalue weighted by Gasteiger charge is -2.12. The molecule has 15 heavy (non-hydrogen) atoms. The summed E-state index contributed by atoms with van der Waals surface area (Å²) in [6.45, 7) is 14.0. The Balaban J connectivity index is 3.64. The molecular formula is C14H25N. The molecule has 1 heteroatoms. The summed E-state index contributed by atoms with van der Waals surface area (Å²) < 4.78 is 0. The Hall–Kier alpha value is -0.820. The minimum absolute atomic E-state index is 0.869. The number of rotatable bonds is 9. The van der Waals surface area contributed by atoms with Gasteiger partial charge in [0.2, 0.25) is 0 Å². The second-order valence-corrected chi connectivity index (χ2v) is 3.83. The fraction of sp³-hybridized carbons (Fsp3) is 0.571. The molecule has 0 bridgehead atoms. The molecular weight excluding hydrogens is 182 g/mol. The van der Waals surface area contributed by atoms with E-state index < -0.39 is 0 Å². The van der Waals surface area contributed by atoms with Crippen molar-refractivity contribution in [2.75, 3.05) is 13.1 Å². The lowest BCUT2D eigenvalue weighted by atomic mass is 10.00. The van der Waals surface area contributed by atoms with Crippen LogP contribution in [0.1, 0.15) is 33.1 Å². The van der Waals surface area contributed by atoms with Crippen molar-refractivity contribution < 1.29 is 0 Å². The summed E-state index contributed by atoms with van der Waals surface area (Å²) in [7, 11) is 0. The van der Waals surface area contributed by atoms with Gasteiger partial charge in [0, 0.05) is 6.54 Å². The van der Waals surface area contributed by atoms with Crippen LogP contribution in [0.2, 0.25) is 0 Å². The summed E-state index contributed by atoms with van der Waals surface area (Å²) in [5, 5.41) is 3.43. The van der Waals surface area contributed by atoms with Crippen LogP contribution in [0.4, 0.5) is 0 Å². The highest BCUT2D eigenvalue weighted by Gasteiger charge is 2.01.